The molecule has 2 aromatic rings. The minimum atomic E-state index is -0.721. The van der Waals surface area contributed by atoms with Crippen molar-refractivity contribution < 1.29 is 9.52 Å². The Kier molecular flexibility index (Phi) is 3.52. The highest BCUT2D eigenvalue weighted by Crippen LogP contribution is 2.16. The molecule has 1 aromatic heterocycles. The summed E-state index contributed by atoms with van der Waals surface area (Å²) in [5.74, 6) is -0.350. The maximum absolute atomic E-state index is 11.4. The van der Waals surface area contributed by atoms with Crippen molar-refractivity contribution in [3.05, 3.63) is 34.3 Å². The molecule has 19 heavy (non-hydrogen) atoms. The summed E-state index contributed by atoms with van der Waals surface area (Å²) in [4.78, 5) is 13.5. The van der Waals surface area contributed by atoms with Gasteiger partial charge >= 0.3 is 5.76 Å². The topological polar surface area (TPSA) is 58.6 Å². The monoisotopic (exact) mass is 264 g/mol. The van der Waals surface area contributed by atoms with Crippen LogP contribution >= 0.6 is 0 Å². The van der Waals surface area contributed by atoms with E-state index < -0.39 is 5.60 Å². The zero-order valence-corrected chi connectivity index (χ0v) is 11.8. The van der Waals surface area contributed by atoms with Crippen LogP contribution in [-0.2, 0) is 13.6 Å². The van der Waals surface area contributed by atoms with Gasteiger partial charge in [-0.15, -0.1) is 0 Å². The first-order valence-electron chi connectivity index (χ1n) is 6.26. The Morgan fingerprint density at radius 1 is 1.42 bits per heavy atom. The van der Waals surface area contributed by atoms with E-state index in [9.17, 15) is 9.90 Å². The highest BCUT2D eigenvalue weighted by atomic mass is 16.4. The Morgan fingerprint density at radius 3 is 2.74 bits per heavy atom. The molecule has 0 amide bonds. The van der Waals surface area contributed by atoms with Gasteiger partial charge in [0.05, 0.1) is 11.1 Å². The van der Waals surface area contributed by atoms with Gasteiger partial charge in [-0.05, 0) is 38.6 Å². The van der Waals surface area contributed by atoms with Crippen LogP contribution in [0.2, 0.25) is 0 Å². The Hall–Kier alpha value is -1.59. The van der Waals surface area contributed by atoms with Gasteiger partial charge in [-0.2, -0.15) is 0 Å². The number of likely N-dealkylation sites (N-methyl/N-ethyl adjacent to an activating group) is 1. The predicted octanol–water partition coefficient (Wildman–Crippen LogP) is 1.33. The summed E-state index contributed by atoms with van der Waals surface area (Å²) in [6, 6.07) is 5.69. The Bertz CT molecular complexity index is 634. The summed E-state index contributed by atoms with van der Waals surface area (Å²) in [5, 5.41) is 9.78. The fraction of sp³-hybridized carbons (Fsp3) is 0.500. The number of nitrogens with zero attached hydrogens (tertiary/aromatic N) is 2. The van der Waals surface area contributed by atoms with Gasteiger partial charge < -0.3 is 9.52 Å². The number of fused-ring (bicyclic) bond motifs is 1. The SMILES string of the molecule is CN(Cc1ccc2oc(=O)n(C)c2c1)CC(C)(C)O. The number of oxazole rings is 1. The maximum atomic E-state index is 11.4. The molecule has 1 N–H and O–H groups in total. The molecule has 1 heterocycles. The van der Waals surface area contributed by atoms with Crippen molar-refractivity contribution >= 4 is 11.1 Å². The fourth-order valence-electron chi connectivity index (χ4n) is 2.30. The first-order valence-corrected chi connectivity index (χ1v) is 6.26. The highest BCUT2D eigenvalue weighted by molar-refractivity contribution is 5.73. The van der Waals surface area contributed by atoms with Crippen molar-refractivity contribution in [2.45, 2.75) is 26.0 Å². The van der Waals surface area contributed by atoms with E-state index in [2.05, 4.69) is 0 Å². The van der Waals surface area contributed by atoms with Crippen LogP contribution < -0.4 is 5.76 Å². The van der Waals surface area contributed by atoms with Crippen LogP contribution in [0.4, 0.5) is 0 Å². The number of benzene rings is 1. The van der Waals surface area contributed by atoms with Crippen molar-refractivity contribution in [2.24, 2.45) is 7.05 Å². The zero-order valence-electron chi connectivity index (χ0n) is 11.8. The third-order valence-electron chi connectivity index (χ3n) is 2.97. The Balaban J connectivity index is 2.22. The Morgan fingerprint density at radius 2 is 2.11 bits per heavy atom. The second-order valence-electron chi connectivity index (χ2n) is 5.71. The van der Waals surface area contributed by atoms with Crippen molar-refractivity contribution in [1.82, 2.24) is 9.47 Å². The molecule has 104 valence electrons. The van der Waals surface area contributed by atoms with Crippen LogP contribution in [0, 0.1) is 0 Å². The van der Waals surface area contributed by atoms with E-state index in [1.54, 1.807) is 20.9 Å². The van der Waals surface area contributed by atoms with E-state index >= 15 is 0 Å². The molecule has 0 saturated carbocycles. The summed E-state index contributed by atoms with van der Waals surface area (Å²) < 4.78 is 6.59. The zero-order chi connectivity index (χ0) is 14.2. The lowest BCUT2D eigenvalue weighted by Crippen LogP contribution is -2.35. The third-order valence-corrected chi connectivity index (χ3v) is 2.97. The largest absolute Gasteiger partial charge is 0.419 e. The van der Waals surface area contributed by atoms with Gasteiger partial charge in [-0.25, -0.2) is 4.79 Å². The normalized spacial score (nSPS) is 12.5. The molecule has 0 aliphatic carbocycles. The first kappa shape index (κ1) is 13.8. The smallest absolute Gasteiger partial charge is 0.408 e. The molecular formula is C14H20N2O3. The molecule has 0 fully saturated rings. The molecule has 0 aliphatic heterocycles. The maximum Gasteiger partial charge on any atom is 0.419 e. The molecule has 0 unspecified atom stereocenters. The van der Waals surface area contributed by atoms with Gasteiger partial charge in [0.1, 0.15) is 0 Å². The first-order chi connectivity index (χ1) is 8.76. The minimum absolute atomic E-state index is 0.350. The van der Waals surface area contributed by atoms with Crippen LogP contribution in [0.15, 0.2) is 27.4 Å². The molecule has 0 spiro atoms. The summed E-state index contributed by atoms with van der Waals surface area (Å²) in [7, 11) is 3.65. The standard InChI is InChI=1S/C14H20N2O3/c1-14(2,18)9-15(3)8-10-5-6-12-11(7-10)16(4)13(17)19-12/h5-7,18H,8-9H2,1-4H3. The van der Waals surface area contributed by atoms with E-state index in [1.165, 1.54) is 4.57 Å². The molecule has 5 nitrogen and oxygen atoms in total. The lowest BCUT2D eigenvalue weighted by atomic mass is 10.1. The van der Waals surface area contributed by atoms with E-state index in [-0.39, 0.29) is 5.76 Å². The molecule has 5 heteroatoms. The van der Waals surface area contributed by atoms with Crippen LogP contribution in [0.25, 0.3) is 11.1 Å². The molecule has 2 rings (SSSR count). The summed E-state index contributed by atoms with van der Waals surface area (Å²) in [5.41, 5.74) is 1.75. The van der Waals surface area contributed by atoms with Crippen molar-refractivity contribution in [1.29, 1.82) is 0 Å². The summed E-state index contributed by atoms with van der Waals surface area (Å²) in [6.45, 7) is 4.85. The van der Waals surface area contributed by atoms with E-state index in [1.807, 2.05) is 30.1 Å². The summed E-state index contributed by atoms with van der Waals surface area (Å²) in [6.07, 6.45) is 0. The van der Waals surface area contributed by atoms with Gasteiger partial charge in [-0.3, -0.25) is 9.47 Å². The molecule has 0 bridgehead atoms. The minimum Gasteiger partial charge on any atom is -0.408 e. The predicted molar refractivity (Wildman–Crippen MR) is 74.1 cm³/mol. The number of aryl methyl sites for hydroxylation is 1. The van der Waals surface area contributed by atoms with Crippen LogP contribution in [0.3, 0.4) is 0 Å². The molecular weight excluding hydrogens is 244 g/mol. The number of aliphatic hydroxyl groups is 1. The second kappa shape index (κ2) is 4.83. The van der Waals surface area contributed by atoms with Crippen LogP contribution in [0.1, 0.15) is 19.4 Å². The number of hydrogen-bond donors (Lipinski definition) is 1. The van der Waals surface area contributed by atoms with E-state index in [4.69, 9.17) is 4.42 Å². The number of hydrogen-bond acceptors (Lipinski definition) is 4. The molecule has 0 atom stereocenters. The lowest BCUT2D eigenvalue weighted by Gasteiger charge is -2.25. The lowest BCUT2D eigenvalue weighted by molar-refractivity contribution is 0.0425. The second-order valence-corrected chi connectivity index (χ2v) is 5.71. The van der Waals surface area contributed by atoms with Crippen LogP contribution in [-0.4, -0.2) is 33.8 Å². The molecule has 1 aromatic carbocycles. The van der Waals surface area contributed by atoms with Gasteiger partial charge in [0.25, 0.3) is 0 Å². The summed E-state index contributed by atoms with van der Waals surface area (Å²) >= 11 is 0. The highest BCUT2D eigenvalue weighted by Gasteiger charge is 2.16. The van der Waals surface area contributed by atoms with Gasteiger partial charge in [0.2, 0.25) is 0 Å². The number of rotatable bonds is 4. The number of aromatic nitrogens is 1. The molecule has 0 aliphatic rings. The third kappa shape index (κ3) is 3.24. The average molecular weight is 264 g/mol. The van der Waals surface area contributed by atoms with E-state index in [0.29, 0.717) is 18.7 Å². The van der Waals surface area contributed by atoms with Crippen molar-refractivity contribution in [3.63, 3.8) is 0 Å². The van der Waals surface area contributed by atoms with E-state index in [0.717, 1.165) is 11.1 Å². The fourth-order valence-corrected chi connectivity index (χ4v) is 2.30. The van der Waals surface area contributed by atoms with Crippen LogP contribution in [0.5, 0.6) is 0 Å². The van der Waals surface area contributed by atoms with Gasteiger partial charge in [0, 0.05) is 20.1 Å². The molecule has 0 saturated heterocycles. The Labute approximate surface area is 112 Å². The quantitative estimate of drug-likeness (QED) is 0.905. The van der Waals surface area contributed by atoms with Gasteiger partial charge in [-0.1, -0.05) is 6.07 Å². The molecule has 0 radical (unpaired) electrons. The average Bonchev–Trinajstić information content (AvgIpc) is 2.53. The van der Waals surface area contributed by atoms with Crippen molar-refractivity contribution in [3.8, 4) is 0 Å². The van der Waals surface area contributed by atoms with Gasteiger partial charge in [0.15, 0.2) is 5.58 Å². The van der Waals surface area contributed by atoms with Crippen molar-refractivity contribution in [2.75, 3.05) is 13.6 Å².